The van der Waals surface area contributed by atoms with Crippen molar-refractivity contribution in [3.8, 4) is 68.2 Å². The van der Waals surface area contributed by atoms with Crippen molar-refractivity contribution in [2.75, 3.05) is 90.5 Å². The van der Waals surface area contributed by atoms with Gasteiger partial charge in [-0.2, -0.15) is 0 Å². The Morgan fingerprint density at radius 2 is 0.681 bits per heavy atom. The van der Waals surface area contributed by atoms with Gasteiger partial charge in [-0.05, 0) is 80.1 Å². The van der Waals surface area contributed by atoms with Crippen molar-refractivity contribution in [3.63, 3.8) is 0 Å². The molecule has 0 atom stereocenters. The Hall–Kier alpha value is -9.92. The molecule has 2 amide bonds. The minimum atomic E-state index is -0.244. The summed E-state index contributed by atoms with van der Waals surface area (Å²) >= 11 is 0. The summed E-state index contributed by atoms with van der Waals surface area (Å²) in [6.45, 7) is 3.81. The number of rotatable bonds is 49. The number of carbonyl (C=O) groups excluding carboxylic acids is 2. The predicted molar refractivity (Wildman–Crippen MR) is 371 cm³/mol. The summed E-state index contributed by atoms with van der Waals surface area (Å²) in [6.07, 6.45) is 3.20. The van der Waals surface area contributed by atoms with E-state index in [0.29, 0.717) is 142 Å². The monoisotopic (exact) mass is 1340 g/mol. The lowest BCUT2D eigenvalue weighted by molar-refractivity contribution is -0.121. The fourth-order valence-electron chi connectivity index (χ4n) is 8.57. The van der Waals surface area contributed by atoms with Crippen molar-refractivity contribution in [2.45, 2.75) is 84.2 Å². The standard InChI is InChI=1S/C61H93N21O10S2/c1-38(62)77-18-28-91-57-43(41-8-2-10-45(87-26-19-78-59(71)72)55(41)89-24-6-14-51(67)68)32-39(34-47(57)85-22-4-12-49(63)64)36-81-53(83)16-30-93-94-31-17-54(84)82-37-40-33-44(58(92-29-21-80-61(75)76)48(35-40)86-23-5-13-50(65)66)42-9-3-11-46(88-27-20-79-60(73)74)56(42)90-25-7-15-52(69)70/h2-3,8-11,32-35H,4-7,12-31,36-37H2,1H3,(H2,62,77)(H3,63,64)(H3,65,66)(H3,67,68)(H3,69,70)(H,81,83)(H,82,84)(H4,71,72,78)(H4,73,74,79)(H4,75,76,80). The van der Waals surface area contributed by atoms with Gasteiger partial charge in [0, 0.05) is 85.4 Å². The smallest absolute Gasteiger partial charge is 0.221 e. The maximum atomic E-state index is 13.5. The lowest BCUT2D eigenvalue weighted by atomic mass is 9.99. The number of nitrogens with two attached hydrogens (primary N) is 7. The van der Waals surface area contributed by atoms with Crippen molar-refractivity contribution in [1.82, 2.24) is 31.9 Å². The predicted octanol–water partition coefficient (Wildman–Crippen LogP) is 4.05. The quantitative estimate of drug-likeness (QED) is 0.0128. The topological polar surface area (TPSA) is 553 Å². The van der Waals surface area contributed by atoms with E-state index < -0.39 is 0 Å². The second-order valence-electron chi connectivity index (χ2n) is 20.8. The molecule has 0 heterocycles. The number of amides is 2. The van der Waals surface area contributed by atoms with E-state index in [4.69, 9.17) is 121 Å². The third-order valence-electron chi connectivity index (χ3n) is 12.8. The average molecular weight is 1340 g/mol. The van der Waals surface area contributed by atoms with E-state index in [0.717, 1.165) is 0 Å². The Bertz CT molecular complexity index is 2990. The van der Waals surface area contributed by atoms with Gasteiger partial charge in [0.15, 0.2) is 63.9 Å². The number of amidine groups is 5. The first-order chi connectivity index (χ1) is 45.1. The van der Waals surface area contributed by atoms with E-state index in [9.17, 15) is 9.59 Å². The van der Waals surface area contributed by atoms with Crippen LogP contribution in [0.2, 0.25) is 0 Å². The maximum absolute atomic E-state index is 13.5. The zero-order valence-electron chi connectivity index (χ0n) is 53.1. The molecule has 4 aromatic carbocycles. The number of hydrogen-bond acceptors (Lipinski definition) is 20. The number of ether oxygens (including phenoxy) is 8. The fourth-order valence-corrected chi connectivity index (χ4v) is 10.5. The zero-order chi connectivity index (χ0) is 68.6. The number of nitrogens with one attached hydrogen (secondary N) is 14. The first kappa shape index (κ1) is 76.5. The fraction of sp³-hybridized carbons (Fsp3) is 0.443. The molecule has 0 aliphatic heterocycles. The molecule has 0 bridgehead atoms. The van der Waals surface area contributed by atoms with Crippen LogP contribution in [-0.4, -0.2) is 149 Å². The number of para-hydroxylation sites is 2. The van der Waals surface area contributed by atoms with Crippen LogP contribution in [0.5, 0.6) is 46.0 Å². The Morgan fingerprint density at radius 3 is 1.02 bits per heavy atom. The molecule has 514 valence electrons. The molecule has 4 aromatic rings. The summed E-state index contributed by atoms with van der Waals surface area (Å²) in [5.74, 6) is 2.74. The lowest BCUT2D eigenvalue weighted by Gasteiger charge is -2.22. The molecule has 0 spiro atoms. The molecule has 33 heteroatoms. The van der Waals surface area contributed by atoms with Crippen LogP contribution in [0, 0.1) is 43.3 Å². The summed E-state index contributed by atoms with van der Waals surface area (Å²) in [4.78, 5) is 27.0. The summed E-state index contributed by atoms with van der Waals surface area (Å²) < 4.78 is 50.6. The molecule has 4 rings (SSSR count). The summed E-state index contributed by atoms with van der Waals surface area (Å²) in [5.41, 5.74) is 42.7. The van der Waals surface area contributed by atoms with E-state index in [-0.39, 0.29) is 164 Å². The Kier molecular flexibility index (Phi) is 35.0. The van der Waals surface area contributed by atoms with Gasteiger partial charge < -0.3 is 110 Å². The highest BCUT2D eigenvalue weighted by molar-refractivity contribution is 8.76. The van der Waals surface area contributed by atoms with E-state index in [1.165, 1.54) is 21.6 Å². The van der Waals surface area contributed by atoms with Gasteiger partial charge in [-0.15, -0.1) is 0 Å². The van der Waals surface area contributed by atoms with Gasteiger partial charge in [-0.25, -0.2) is 0 Å². The van der Waals surface area contributed by atoms with Crippen LogP contribution in [0.15, 0.2) is 60.7 Å². The highest BCUT2D eigenvalue weighted by Crippen LogP contribution is 2.48. The van der Waals surface area contributed by atoms with Crippen molar-refractivity contribution < 1.29 is 47.5 Å². The lowest BCUT2D eigenvalue weighted by Crippen LogP contribution is -2.33. The van der Waals surface area contributed by atoms with Crippen LogP contribution in [-0.2, 0) is 22.7 Å². The normalized spacial score (nSPS) is 10.6. The van der Waals surface area contributed by atoms with Crippen LogP contribution >= 0.6 is 21.6 Å². The molecular weight excluding hydrogens is 1250 g/mol. The third kappa shape index (κ3) is 30.5. The molecular formula is C61H93N21O10S2. The molecule has 0 radical (unpaired) electrons. The molecule has 28 N–H and O–H groups in total. The third-order valence-corrected chi connectivity index (χ3v) is 15.2. The van der Waals surface area contributed by atoms with Crippen molar-refractivity contribution >= 4 is 80.5 Å². The van der Waals surface area contributed by atoms with Crippen LogP contribution in [0.1, 0.15) is 82.3 Å². The first-order valence-corrected chi connectivity index (χ1v) is 32.9. The van der Waals surface area contributed by atoms with Gasteiger partial charge in [-0.3, -0.25) is 52.9 Å². The maximum Gasteiger partial charge on any atom is 0.221 e. The van der Waals surface area contributed by atoms with Crippen LogP contribution in [0.3, 0.4) is 0 Å². The van der Waals surface area contributed by atoms with E-state index in [2.05, 4.69) is 31.9 Å². The zero-order valence-corrected chi connectivity index (χ0v) is 54.7. The van der Waals surface area contributed by atoms with Gasteiger partial charge >= 0.3 is 0 Å². The molecule has 0 unspecified atom stereocenters. The largest absolute Gasteiger partial charge is 0.490 e. The molecule has 0 aliphatic carbocycles. The molecule has 94 heavy (non-hydrogen) atoms. The molecule has 0 saturated heterocycles. The first-order valence-electron chi connectivity index (χ1n) is 30.4. The van der Waals surface area contributed by atoms with Crippen molar-refractivity contribution in [3.05, 3.63) is 71.8 Å². The highest BCUT2D eigenvalue weighted by atomic mass is 33.1. The van der Waals surface area contributed by atoms with Crippen LogP contribution in [0.25, 0.3) is 22.3 Å². The Morgan fingerprint density at radius 1 is 0.372 bits per heavy atom. The second kappa shape index (κ2) is 43.0. The van der Waals surface area contributed by atoms with Crippen molar-refractivity contribution in [1.29, 1.82) is 43.3 Å². The average Bonchev–Trinajstić information content (AvgIpc) is 0.795. The van der Waals surface area contributed by atoms with Crippen LogP contribution < -0.4 is 110 Å². The minimum Gasteiger partial charge on any atom is -0.490 e. The van der Waals surface area contributed by atoms with E-state index in [1.54, 1.807) is 43.3 Å². The molecule has 0 aliphatic rings. The number of carbonyl (C=O) groups is 2. The highest BCUT2D eigenvalue weighted by Gasteiger charge is 2.25. The van der Waals surface area contributed by atoms with E-state index >= 15 is 0 Å². The Balaban J connectivity index is 1.53. The summed E-state index contributed by atoms with van der Waals surface area (Å²) in [5, 5.41) is 78.8. The SMILES string of the molecule is CC(=N)NCCOc1c(OCCCC(=N)N)cc(CNC(=O)CCSSCCC(=O)NCc2cc(OCCCC(=N)N)c(OCCNC(=N)N)c(-c3cccc(OCCNC(=N)N)c3OCCCC(=N)N)c2)cc1-c1cccc(OCCNC(=N)N)c1OCCCC(=N)N. The molecule has 0 saturated carbocycles. The van der Waals surface area contributed by atoms with Gasteiger partial charge in [-0.1, -0.05) is 45.9 Å². The number of benzene rings is 4. The molecule has 31 nitrogen and oxygen atoms in total. The molecule has 0 aromatic heterocycles. The Labute approximate surface area is 555 Å². The number of hydrogen-bond donors (Lipinski definition) is 21. The number of guanidine groups is 3. The van der Waals surface area contributed by atoms with Gasteiger partial charge in [0.25, 0.3) is 0 Å². The van der Waals surface area contributed by atoms with Crippen molar-refractivity contribution in [2.24, 2.45) is 40.1 Å². The van der Waals surface area contributed by atoms with E-state index in [1.807, 2.05) is 24.3 Å². The summed E-state index contributed by atoms with van der Waals surface area (Å²) in [6, 6.07) is 17.9. The second-order valence-corrected chi connectivity index (χ2v) is 23.5. The van der Waals surface area contributed by atoms with Crippen LogP contribution in [0.4, 0.5) is 0 Å². The van der Waals surface area contributed by atoms with Gasteiger partial charge in [0.2, 0.25) is 11.8 Å². The molecule has 0 fully saturated rings. The minimum absolute atomic E-state index is 0.000258. The van der Waals surface area contributed by atoms with Gasteiger partial charge in [0.05, 0.1) is 81.8 Å². The van der Waals surface area contributed by atoms with Gasteiger partial charge in [0.1, 0.15) is 26.4 Å². The summed E-state index contributed by atoms with van der Waals surface area (Å²) in [7, 11) is 2.90.